The zero-order chi connectivity index (χ0) is 63.8. The summed E-state index contributed by atoms with van der Waals surface area (Å²) in [5.41, 5.74) is 2.41. The number of ether oxygens (including phenoxy) is 4. The van der Waals surface area contributed by atoms with Gasteiger partial charge in [-0.25, -0.2) is 26.7 Å². The Hall–Kier alpha value is -9.27. The molecule has 0 spiro atoms. The van der Waals surface area contributed by atoms with Crippen molar-refractivity contribution < 1.29 is 79.3 Å². The van der Waals surface area contributed by atoms with Crippen LogP contribution in [-0.2, 0) is 70.1 Å². The number of amides is 4. The molecule has 0 heterocycles. The summed E-state index contributed by atoms with van der Waals surface area (Å²) >= 11 is 0. The molecule has 16 nitrogen and oxygen atoms in total. The lowest BCUT2D eigenvalue weighted by molar-refractivity contribution is -0.147. The summed E-state index contributed by atoms with van der Waals surface area (Å²) in [5.74, 6) is -6.25. The molecule has 0 aliphatic heterocycles. The van der Waals surface area contributed by atoms with Crippen molar-refractivity contribution in [3.8, 4) is 0 Å². The maximum absolute atomic E-state index is 13.8. The van der Waals surface area contributed by atoms with Crippen LogP contribution in [0.2, 0.25) is 0 Å². The van der Waals surface area contributed by atoms with E-state index < -0.39 is 77.1 Å². The number of carbonyl (C=O) groups excluding carboxylic acids is 8. The van der Waals surface area contributed by atoms with Gasteiger partial charge >= 0.3 is 23.9 Å². The standard InChI is InChI=1S/C20H21F2NO3.C17H15F2NO3.C16H21NO3.C13H16FNO3/c1-14(2)13-26-20(25)12-23(18-6-4-3-5-7-18)19(24)10-15-8-16(21)11-17(22)9-15;1-23-17(22)11-20(15-5-3-2-4-6-15)16(21)9-12-7-13(18)10-14(19)8-12;1-20-16(19)12-17(14-9-3-2-4-10-14)15(18)11-13-7-5-6-8-13;1-3-18-13(17)9(2)15-12(16)11(14)10-7-5-4-6-8-10/h3-9,11,14H,10,12-13H2,1-2H3;2-8,10H,9,11H2,1H3;2-4,9-10,13H,5-8,11-12H2,1H3;4-9,11H,3H2,1-2H3,(H,15,16)/t;;;9-,11?/m...0/s1. The van der Waals surface area contributed by atoms with Crippen molar-refractivity contribution in [1.82, 2.24) is 5.32 Å². The summed E-state index contributed by atoms with van der Waals surface area (Å²) in [6.07, 6.45) is 2.91. The number of rotatable bonds is 22. The summed E-state index contributed by atoms with van der Waals surface area (Å²) in [4.78, 5) is 99.6. The molecule has 1 N–H and O–H groups in total. The van der Waals surface area contributed by atoms with Gasteiger partial charge in [-0.1, -0.05) is 112 Å². The van der Waals surface area contributed by atoms with E-state index in [1.807, 2.05) is 44.2 Å². The summed E-state index contributed by atoms with van der Waals surface area (Å²) in [6.45, 7) is 6.83. The fourth-order valence-corrected chi connectivity index (χ4v) is 8.54. The van der Waals surface area contributed by atoms with E-state index in [0.29, 0.717) is 23.7 Å². The van der Waals surface area contributed by atoms with Gasteiger partial charge in [0.05, 0.1) is 40.3 Å². The van der Waals surface area contributed by atoms with Crippen LogP contribution in [0.1, 0.15) is 82.7 Å². The molecule has 6 aromatic rings. The monoisotopic (exact) mass is 1210 g/mol. The summed E-state index contributed by atoms with van der Waals surface area (Å²) < 4.78 is 86.1. The number of para-hydroxylation sites is 3. The summed E-state index contributed by atoms with van der Waals surface area (Å²) in [5, 5.41) is 2.27. The molecular formula is C66H73F5N4O12. The summed E-state index contributed by atoms with van der Waals surface area (Å²) in [6, 6.07) is 39.5. The van der Waals surface area contributed by atoms with E-state index in [4.69, 9.17) is 9.47 Å². The fourth-order valence-electron chi connectivity index (χ4n) is 8.54. The molecule has 0 aromatic heterocycles. The number of methoxy groups -OCH3 is 2. The Bertz CT molecular complexity index is 3120. The van der Waals surface area contributed by atoms with E-state index in [9.17, 15) is 60.3 Å². The highest BCUT2D eigenvalue weighted by Crippen LogP contribution is 2.29. The molecule has 1 aliphatic rings. The van der Waals surface area contributed by atoms with Crippen LogP contribution in [0.15, 0.2) is 158 Å². The third-order valence-corrected chi connectivity index (χ3v) is 12.8. The van der Waals surface area contributed by atoms with Crippen molar-refractivity contribution in [2.75, 3.05) is 61.8 Å². The molecule has 464 valence electrons. The zero-order valence-electron chi connectivity index (χ0n) is 49.4. The maximum Gasteiger partial charge on any atom is 0.328 e. The number of nitrogens with zero attached hydrogens (tertiary/aromatic N) is 3. The van der Waals surface area contributed by atoms with Crippen molar-refractivity contribution in [2.24, 2.45) is 11.8 Å². The molecule has 0 saturated heterocycles. The van der Waals surface area contributed by atoms with Crippen LogP contribution in [0, 0.1) is 35.1 Å². The quantitative estimate of drug-likeness (QED) is 0.0384. The maximum atomic E-state index is 13.8. The van der Waals surface area contributed by atoms with Crippen LogP contribution in [0.5, 0.6) is 0 Å². The number of anilines is 3. The second-order valence-electron chi connectivity index (χ2n) is 20.2. The first kappa shape index (κ1) is 70.2. The summed E-state index contributed by atoms with van der Waals surface area (Å²) in [7, 11) is 2.56. The molecule has 1 aliphatic carbocycles. The number of hydrogen-bond donors (Lipinski definition) is 1. The van der Waals surface area contributed by atoms with Crippen LogP contribution in [0.4, 0.5) is 39.0 Å². The highest BCUT2D eigenvalue weighted by molar-refractivity contribution is 6.00. The van der Waals surface area contributed by atoms with Crippen molar-refractivity contribution in [3.05, 3.63) is 198 Å². The van der Waals surface area contributed by atoms with Gasteiger partial charge < -0.3 is 39.0 Å². The number of nitrogens with one attached hydrogen (secondary N) is 1. The van der Waals surface area contributed by atoms with Gasteiger partial charge in [-0.2, -0.15) is 0 Å². The van der Waals surface area contributed by atoms with E-state index in [0.717, 1.165) is 54.9 Å². The number of esters is 4. The highest BCUT2D eigenvalue weighted by Gasteiger charge is 2.27. The SMILES string of the molecule is CC(C)COC(=O)CN(C(=O)Cc1cc(F)cc(F)c1)c1ccccc1.CCOC(=O)[C@H](C)NC(=O)C(F)c1ccccc1.COC(=O)CN(C(=O)CC1CCCC1)c1ccccc1.COC(=O)CN(C(=O)Cc1cc(F)cc(F)c1)c1ccccc1. The number of benzene rings is 6. The molecule has 2 atom stereocenters. The molecule has 1 saturated carbocycles. The minimum Gasteiger partial charge on any atom is -0.468 e. The van der Waals surface area contributed by atoms with Gasteiger partial charge in [-0.3, -0.25) is 33.6 Å². The van der Waals surface area contributed by atoms with Gasteiger partial charge in [0.25, 0.3) is 5.91 Å². The minimum atomic E-state index is -1.79. The topological polar surface area (TPSA) is 195 Å². The van der Waals surface area contributed by atoms with Crippen LogP contribution in [0.3, 0.4) is 0 Å². The molecule has 0 bridgehead atoms. The fraction of sp³-hybridized carbons (Fsp3) is 0.333. The second-order valence-corrected chi connectivity index (χ2v) is 20.2. The van der Waals surface area contributed by atoms with Crippen molar-refractivity contribution in [2.45, 2.75) is 84.9 Å². The first-order valence-corrected chi connectivity index (χ1v) is 28.0. The Morgan fingerprint density at radius 1 is 0.517 bits per heavy atom. The van der Waals surface area contributed by atoms with E-state index in [2.05, 4.69) is 14.8 Å². The largest absolute Gasteiger partial charge is 0.468 e. The lowest BCUT2D eigenvalue weighted by Gasteiger charge is -2.23. The molecule has 21 heteroatoms. The second kappa shape index (κ2) is 37.2. The number of carbonyl (C=O) groups is 8. The molecular weight excluding hydrogens is 1140 g/mol. The lowest BCUT2D eigenvalue weighted by Crippen LogP contribution is -2.41. The number of hydrogen-bond acceptors (Lipinski definition) is 12. The average Bonchev–Trinajstić information content (AvgIpc) is 3.57. The Morgan fingerprint density at radius 2 is 0.885 bits per heavy atom. The molecule has 1 fully saturated rings. The van der Waals surface area contributed by atoms with Gasteiger partial charge in [-0.05, 0) is 116 Å². The van der Waals surface area contributed by atoms with Crippen molar-refractivity contribution >= 4 is 64.6 Å². The molecule has 87 heavy (non-hydrogen) atoms. The number of halogens is 5. The van der Waals surface area contributed by atoms with E-state index >= 15 is 0 Å². The average molecular weight is 1210 g/mol. The van der Waals surface area contributed by atoms with Crippen LogP contribution >= 0.6 is 0 Å². The van der Waals surface area contributed by atoms with Gasteiger partial charge in [-0.15, -0.1) is 0 Å². The van der Waals surface area contributed by atoms with E-state index in [1.165, 1.54) is 60.8 Å². The Balaban J connectivity index is 0.000000251. The normalized spacial score (nSPS) is 12.1. The van der Waals surface area contributed by atoms with Crippen molar-refractivity contribution in [1.29, 1.82) is 0 Å². The Morgan fingerprint density at radius 3 is 1.25 bits per heavy atom. The highest BCUT2D eigenvalue weighted by atomic mass is 19.1. The van der Waals surface area contributed by atoms with Crippen LogP contribution < -0.4 is 20.0 Å². The molecule has 7 rings (SSSR count). The van der Waals surface area contributed by atoms with E-state index in [-0.39, 0.29) is 74.2 Å². The van der Waals surface area contributed by atoms with Gasteiger partial charge in [0, 0.05) is 35.6 Å². The van der Waals surface area contributed by atoms with Crippen LogP contribution in [-0.4, -0.2) is 101 Å². The zero-order valence-corrected chi connectivity index (χ0v) is 49.4. The first-order chi connectivity index (χ1) is 41.6. The predicted octanol–water partition coefficient (Wildman–Crippen LogP) is 11.0. The lowest BCUT2D eigenvalue weighted by atomic mass is 10.0. The molecule has 0 radical (unpaired) electrons. The van der Waals surface area contributed by atoms with Crippen LogP contribution in [0.25, 0.3) is 0 Å². The van der Waals surface area contributed by atoms with E-state index in [1.54, 1.807) is 85.8 Å². The third kappa shape index (κ3) is 25.5. The predicted molar refractivity (Wildman–Crippen MR) is 317 cm³/mol. The minimum absolute atomic E-state index is 0.00787. The first-order valence-electron chi connectivity index (χ1n) is 28.0. The Labute approximate surface area is 503 Å². The van der Waals surface area contributed by atoms with Gasteiger partial charge in [0.15, 0.2) is 0 Å². The van der Waals surface area contributed by atoms with Gasteiger partial charge in [0.2, 0.25) is 23.9 Å². The third-order valence-electron chi connectivity index (χ3n) is 12.8. The van der Waals surface area contributed by atoms with Crippen molar-refractivity contribution in [3.63, 3.8) is 0 Å². The molecule has 1 unspecified atom stereocenters. The number of alkyl halides is 1. The molecule has 6 aromatic carbocycles. The smallest absolute Gasteiger partial charge is 0.328 e. The Kier molecular flexibility index (Phi) is 30.0. The molecule has 4 amide bonds. The van der Waals surface area contributed by atoms with Gasteiger partial charge in [0.1, 0.15) is 48.9 Å².